The maximum atomic E-state index is 13.4. The average Bonchev–Trinajstić information content (AvgIpc) is 2.39. The van der Waals surface area contributed by atoms with Crippen LogP contribution in [0.3, 0.4) is 0 Å². The summed E-state index contributed by atoms with van der Waals surface area (Å²) < 4.78 is 27.0. The SMILES string of the molecule is Cc1cc(F)c(Br)cc1NC(=O)Cc1ccccc1F. The molecule has 0 unspecified atom stereocenters. The van der Waals surface area contributed by atoms with E-state index >= 15 is 0 Å². The zero-order valence-electron chi connectivity index (χ0n) is 10.7. The zero-order chi connectivity index (χ0) is 14.7. The Hall–Kier alpha value is -1.75. The first-order chi connectivity index (χ1) is 9.47. The summed E-state index contributed by atoms with van der Waals surface area (Å²) in [5, 5.41) is 2.65. The maximum Gasteiger partial charge on any atom is 0.228 e. The third kappa shape index (κ3) is 3.42. The van der Waals surface area contributed by atoms with Crippen LogP contribution in [-0.2, 0) is 11.2 Å². The van der Waals surface area contributed by atoms with E-state index in [9.17, 15) is 13.6 Å². The van der Waals surface area contributed by atoms with Gasteiger partial charge in [0.25, 0.3) is 0 Å². The zero-order valence-corrected chi connectivity index (χ0v) is 12.3. The van der Waals surface area contributed by atoms with Gasteiger partial charge >= 0.3 is 0 Å². The van der Waals surface area contributed by atoms with Gasteiger partial charge in [-0.05, 0) is 52.2 Å². The molecule has 1 N–H and O–H groups in total. The van der Waals surface area contributed by atoms with Crippen LogP contribution in [0.25, 0.3) is 0 Å². The van der Waals surface area contributed by atoms with Crippen LogP contribution in [0.2, 0.25) is 0 Å². The number of halogens is 3. The van der Waals surface area contributed by atoms with Gasteiger partial charge in [0.05, 0.1) is 10.9 Å². The van der Waals surface area contributed by atoms with Crippen LogP contribution in [0, 0.1) is 18.6 Å². The van der Waals surface area contributed by atoms with E-state index in [2.05, 4.69) is 21.2 Å². The molecule has 20 heavy (non-hydrogen) atoms. The maximum absolute atomic E-state index is 13.4. The second-order valence-electron chi connectivity index (χ2n) is 4.40. The molecule has 0 saturated heterocycles. The van der Waals surface area contributed by atoms with Gasteiger partial charge in [-0.1, -0.05) is 18.2 Å². The van der Waals surface area contributed by atoms with Crippen molar-refractivity contribution in [1.29, 1.82) is 0 Å². The Labute approximate surface area is 123 Å². The molecule has 0 aromatic heterocycles. The minimum Gasteiger partial charge on any atom is -0.326 e. The summed E-state index contributed by atoms with van der Waals surface area (Å²) in [5.74, 6) is -1.16. The Bertz CT molecular complexity index is 658. The molecule has 0 aliphatic carbocycles. The van der Waals surface area contributed by atoms with Gasteiger partial charge in [0.2, 0.25) is 5.91 Å². The van der Waals surface area contributed by atoms with E-state index < -0.39 is 11.6 Å². The van der Waals surface area contributed by atoms with Gasteiger partial charge in [-0.3, -0.25) is 4.79 Å². The lowest BCUT2D eigenvalue weighted by atomic mass is 10.1. The number of aryl methyl sites for hydroxylation is 1. The van der Waals surface area contributed by atoms with Crippen molar-refractivity contribution in [2.24, 2.45) is 0 Å². The number of rotatable bonds is 3. The summed E-state index contributed by atoms with van der Waals surface area (Å²) in [7, 11) is 0. The van der Waals surface area contributed by atoms with E-state index in [4.69, 9.17) is 0 Å². The highest BCUT2D eigenvalue weighted by Crippen LogP contribution is 2.24. The molecule has 0 saturated carbocycles. The summed E-state index contributed by atoms with van der Waals surface area (Å²) in [4.78, 5) is 11.9. The number of carbonyl (C=O) groups excluding carboxylic acids is 1. The first kappa shape index (κ1) is 14.7. The lowest BCUT2D eigenvalue weighted by Crippen LogP contribution is -2.16. The van der Waals surface area contributed by atoms with E-state index in [0.29, 0.717) is 16.8 Å². The van der Waals surface area contributed by atoms with Crippen molar-refractivity contribution in [2.45, 2.75) is 13.3 Å². The number of carbonyl (C=O) groups is 1. The summed E-state index contributed by atoms with van der Waals surface area (Å²) >= 11 is 3.06. The monoisotopic (exact) mass is 339 g/mol. The third-order valence-electron chi connectivity index (χ3n) is 2.85. The van der Waals surface area contributed by atoms with Crippen molar-refractivity contribution < 1.29 is 13.6 Å². The fraction of sp³-hybridized carbons (Fsp3) is 0.133. The van der Waals surface area contributed by atoms with Crippen molar-refractivity contribution in [3.05, 3.63) is 63.6 Å². The summed E-state index contributed by atoms with van der Waals surface area (Å²) in [5.41, 5.74) is 1.43. The molecule has 2 nitrogen and oxygen atoms in total. The molecule has 104 valence electrons. The number of hydrogen-bond acceptors (Lipinski definition) is 1. The largest absolute Gasteiger partial charge is 0.326 e. The van der Waals surface area contributed by atoms with Crippen molar-refractivity contribution in [3.63, 3.8) is 0 Å². The highest BCUT2D eigenvalue weighted by atomic mass is 79.9. The smallest absolute Gasteiger partial charge is 0.228 e. The quantitative estimate of drug-likeness (QED) is 0.891. The van der Waals surface area contributed by atoms with Crippen LogP contribution in [-0.4, -0.2) is 5.91 Å². The lowest BCUT2D eigenvalue weighted by Gasteiger charge is -2.10. The van der Waals surface area contributed by atoms with Gasteiger partial charge in [-0.25, -0.2) is 8.78 Å². The molecule has 0 radical (unpaired) electrons. The van der Waals surface area contributed by atoms with E-state index in [-0.39, 0.29) is 16.8 Å². The molecule has 2 aromatic rings. The minimum absolute atomic E-state index is 0.0683. The molecule has 2 rings (SSSR count). The first-order valence-corrected chi connectivity index (χ1v) is 6.75. The second kappa shape index (κ2) is 6.13. The van der Waals surface area contributed by atoms with E-state index in [0.717, 1.165) is 0 Å². The number of amides is 1. The molecule has 0 heterocycles. The Morgan fingerprint density at radius 3 is 2.60 bits per heavy atom. The predicted molar refractivity (Wildman–Crippen MR) is 77.6 cm³/mol. The van der Waals surface area contributed by atoms with E-state index in [1.165, 1.54) is 18.2 Å². The Kier molecular flexibility index (Phi) is 4.49. The summed E-state index contributed by atoms with van der Waals surface area (Å²) in [6.07, 6.45) is -0.0683. The molecule has 0 fully saturated rings. The molecule has 0 spiro atoms. The van der Waals surface area contributed by atoms with Gasteiger partial charge in [0.15, 0.2) is 0 Å². The van der Waals surface area contributed by atoms with E-state index in [1.807, 2.05) is 0 Å². The number of hydrogen-bond donors (Lipinski definition) is 1. The minimum atomic E-state index is -0.417. The predicted octanol–water partition coefficient (Wildman–Crippen LogP) is 4.22. The average molecular weight is 340 g/mol. The highest BCUT2D eigenvalue weighted by molar-refractivity contribution is 9.10. The van der Waals surface area contributed by atoms with Crippen LogP contribution in [0.1, 0.15) is 11.1 Å². The molecule has 1 amide bonds. The molecule has 2 aromatic carbocycles. The highest BCUT2D eigenvalue weighted by Gasteiger charge is 2.11. The van der Waals surface area contributed by atoms with Crippen molar-refractivity contribution >= 4 is 27.5 Å². The first-order valence-electron chi connectivity index (χ1n) is 5.96. The number of anilines is 1. The van der Waals surface area contributed by atoms with Gasteiger partial charge < -0.3 is 5.32 Å². The molecule has 5 heteroatoms. The summed E-state index contributed by atoms with van der Waals surface area (Å²) in [6, 6.07) is 8.92. The van der Waals surface area contributed by atoms with Crippen molar-refractivity contribution in [3.8, 4) is 0 Å². The van der Waals surface area contributed by atoms with Crippen molar-refractivity contribution in [2.75, 3.05) is 5.32 Å². The molecular formula is C15H12BrF2NO. The van der Waals surface area contributed by atoms with Crippen LogP contribution in [0.4, 0.5) is 14.5 Å². The second-order valence-corrected chi connectivity index (χ2v) is 5.25. The van der Waals surface area contributed by atoms with E-state index in [1.54, 1.807) is 25.1 Å². The third-order valence-corrected chi connectivity index (χ3v) is 3.46. The fourth-order valence-corrected chi connectivity index (χ4v) is 2.13. The number of benzene rings is 2. The van der Waals surface area contributed by atoms with Crippen LogP contribution >= 0.6 is 15.9 Å². The topological polar surface area (TPSA) is 29.1 Å². The molecule has 0 aliphatic heterocycles. The van der Waals surface area contributed by atoms with Gasteiger partial charge in [-0.15, -0.1) is 0 Å². The number of nitrogens with one attached hydrogen (secondary N) is 1. The van der Waals surface area contributed by atoms with Crippen LogP contribution in [0.15, 0.2) is 40.9 Å². The Morgan fingerprint density at radius 1 is 1.20 bits per heavy atom. The molecular weight excluding hydrogens is 328 g/mol. The normalized spacial score (nSPS) is 10.4. The van der Waals surface area contributed by atoms with Crippen LogP contribution < -0.4 is 5.32 Å². The lowest BCUT2D eigenvalue weighted by molar-refractivity contribution is -0.115. The van der Waals surface area contributed by atoms with Gasteiger partial charge in [0, 0.05) is 5.69 Å². The van der Waals surface area contributed by atoms with Gasteiger partial charge in [0.1, 0.15) is 11.6 Å². The van der Waals surface area contributed by atoms with Crippen LogP contribution in [0.5, 0.6) is 0 Å². The summed E-state index contributed by atoms with van der Waals surface area (Å²) in [6.45, 7) is 1.69. The molecule has 0 atom stereocenters. The Morgan fingerprint density at radius 2 is 1.90 bits per heavy atom. The standard InChI is InChI=1S/C15H12BrF2NO/c1-9-6-13(18)11(16)8-14(9)19-15(20)7-10-4-2-3-5-12(10)17/h2-6,8H,7H2,1H3,(H,19,20). The van der Waals surface area contributed by atoms with Gasteiger partial charge in [-0.2, -0.15) is 0 Å². The van der Waals surface area contributed by atoms with Crippen molar-refractivity contribution in [1.82, 2.24) is 0 Å². The Balaban J connectivity index is 2.13. The molecule has 0 aliphatic rings. The molecule has 0 bridgehead atoms. The fourth-order valence-electron chi connectivity index (χ4n) is 1.79.